The first-order valence-corrected chi connectivity index (χ1v) is 7.04. The average molecular weight is 274 g/mol. The SMILES string of the molecule is CCC(C)n1ccc(CC(O)c2cc(C)nnc2C)n1. The van der Waals surface area contributed by atoms with Gasteiger partial charge >= 0.3 is 0 Å². The summed E-state index contributed by atoms with van der Waals surface area (Å²) in [6.07, 6.45) is 2.91. The Kier molecular flexibility index (Phi) is 4.49. The van der Waals surface area contributed by atoms with Crippen LogP contribution in [-0.4, -0.2) is 25.1 Å². The summed E-state index contributed by atoms with van der Waals surface area (Å²) in [5, 5.41) is 22.9. The quantitative estimate of drug-likeness (QED) is 0.910. The van der Waals surface area contributed by atoms with E-state index < -0.39 is 6.10 Å². The fourth-order valence-corrected chi connectivity index (χ4v) is 2.13. The molecule has 20 heavy (non-hydrogen) atoms. The number of nitrogens with zero attached hydrogens (tertiary/aromatic N) is 4. The molecule has 0 aliphatic rings. The first-order valence-electron chi connectivity index (χ1n) is 7.04. The van der Waals surface area contributed by atoms with Crippen molar-refractivity contribution in [3.63, 3.8) is 0 Å². The van der Waals surface area contributed by atoms with E-state index in [0.29, 0.717) is 12.5 Å². The van der Waals surface area contributed by atoms with E-state index in [1.54, 1.807) is 0 Å². The van der Waals surface area contributed by atoms with E-state index in [1.807, 2.05) is 36.9 Å². The van der Waals surface area contributed by atoms with Crippen LogP contribution in [0.15, 0.2) is 18.3 Å². The monoisotopic (exact) mass is 274 g/mol. The summed E-state index contributed by atoms with van der Waals surface area (Å²) in [7, 11) is 0. The summed E-state index contributed by atoms with van der Waals surface area (Å²) < 4.78 is 1.95. The Morgan fingerprint density at radius 1 is 1.30 bits per heavy atom. The Morgan fingerprint density at radius 2 is 2.05 bits per heavy atom. The highest BCUT2D eigenvalue weighted by atomic mass is 16.3. The predicted octanol–water partition coefficient (Wildman–Crippen LogP) is 2.54. The number of aliphatic hydroxyl groups is 1. The van der Waals surface area contributed by atoms with Crippen LogP contribution in [0.25, 0.3) is 0 Å². The van der Waals surface area contributed by atoms with Crippen LogP contribution in [0.1, 0.15) is 55.1 Å². The number of rotatable bonds is 5. The number of hydrogen-bond donors (Lipinski definition) is 1. The molecule has 2 aromatic heterocycles. The summed E-state index contributed by atoms with van der Waals surface area (Å²) in [5.41, 5.74) is 3.31. The summed E-state index contributed by atoms with van der Waals surface area (Å²) in [5.74, 6) is 0. The van der Waals surface area contributed by atoms with Crippen LogP contribution in [0, 0.1) is 13.8 Å². The first-order chi connectivity index (χ1) is 9.51. The molecule has 5 heteroatoms. The molecule has 0 aliphatic carbocycles. The maximum Gasteiger partial charge on any atom is 0.0864 e. The van der Waals surface area contributed by atoms with Gasteiger partial charge in [-0.3, -0.25) is 4.68 Å². The second kappa shape index (κ2) is 6.13. The lowest BCUT2D eigenvalue weighted by atomic mass is 10.0. The Hall–Kier alpha value is -1.75. The lowest BCUT2D eigenvalue weighted by molar-refractivity contribution is 0.175. The molecule has 1 N–H and O–H groups in total. The van der Waals surface area contributed by atoms with E-state index >= 15 is 0 Å². The number of aliphatic hydroxyl groups excluding tert-OH is 1. The number of aromatic nitrogens is 4. The van der Waals surface area contributed by atoms with Crippen LogP contribution in [0.3, 0.4) is 0 Å². The van der Waals surface area contributed by atoms with E-state index in [0.717, 1.165) is 29.1 Å². The van der Waals surface area contributed by atoms with Crippen molar-refractivity contribution in [3.05, 3.63) is 41.0 Å². The minimum atomic E-state index is -0.593. The lowest BCUT2D eigenvalue weighted by Gasteiger charge is -2.12. The molecular weight excluding hydrogens is 252 g/mol. The molecule has 108 valence electrons. The van der Waals surface area contributed by atoms with Gasteiger partial charge in [0, 0.05) is 24.2 Å². The van der Waals surface area contributed by atoms with Gasteiger partial charge in [-0.25, -0.2) is 0 Å². The molecule has 2 unspecified atom stereocenters. The second-order valence-electron chi connectivity index (χ2n) is 5.29. The Labute approximate surface area is 119 Å². The Balaban J connectivity index is 2.13. The zero-order valence-electron chi connectivity index (χ0n) is 12.5. The minimum absolute atomic E-state index is 0.382. The molecule has 0 spiro atoms. The lowest BCUT2D eigenvalue weighted by Crippen LogP contribution is -2.09. The van der Waals surface area contributed by atoms with Crippen molar-refractivity contribution >= 4 is 0 Å². The van der Waals surface area contributed by atoms with E-state index in [2.05, 4.69) is 29.1 Å². The first kappa shape index (κ1) is 14.7. The van der Waals surface area contributed by atoms with E-state index in [4.69, 9.17) is 0 Å². The third-order valence-electron chi connectivity index (χ3n) is 3.61. The molecule has 2 rings (SSSR count). The number of aryl methyl sites for hydroxylation is 2. The molecule has 0 bridgehead atoms. The van der Waals surface area contributed by atoms with Crippen LogP contribution in [0.4, 0.5) is 0 Å². The fraction of sp³-hybridized carbons (Fsp3) is 0.533. The molecule has 0 saturated carbocycles. The van der Waals surface area contributed by atoms with Gasteiger partial charge in [-0.2, -0.15) is 15.3 Å². The van der Waals surface area contributed by atoms with Gasteiger partial charge in [-0.15, -0.1) is 0 Å². The van der Waals surface area contributed by atoms with E-state index in [9.17, 15) is 5.11 Å². The highest BCUT2D eigenvalue weighted by molar-refractivity contribution is 5.23. The molecule has 0 radical (unpaired) electrons. The summed E-state index contributed by atoms with van der Waals surface area (Å²) in [4.78, 5) is 0. The predicted molar refractivity (Wildman–Crippen MR) is 77.4 cm³/mol. The highest BCUT2D eigenvalue weighted by Gasteiger charge is 2.15. The van der Waals surface area contributed by atoms with Crippen molar-refractivity contribution in [1.29, 1.82) is 0 Å². The molecular formula is C15H22N4O. The van der Waals surface area contributed by atoms with E-state index in [-0.39, 0.29) is 0 Å². The van der Waals surface area contributed by atoms with Gasteiger partial charge in [0.1, 0.15) is 0 Å². The number of hydrogen-bond acceptors (Lipinski definition) is 4. The molecule has 0 saturated heterocycles. The van der Waals surface area contributed by atoms with Crippen molar-refractivity contribution in [1.82, 2.24) is 20.0 Å². The van der Waals surface area contributed by atoms with E-state index in [1.165, 1.54) is 0 Å². The van der Waals surface area contributed by atoms with Crippen LogP contribution < -0.4 is 0 Å². The van der Waals surface area contributed by atoms with Crippen LogP contribution >= 0.6 is 0 Å². The molecule has 2 aromatic rings. The third kappa shape index (κ3) is 3.22. The standard InChI is InChI=1S/C15H22N4O/c1-5-11(3)19-7-6-13(18-19)9-15(20)14-8-10(2)16-17-12(14)4/h6-8,11,15,20H,5,9H2,1-4H3. The Morgan fingerprint density at radius 3 is 2.75 bits per heavy atom. The van der Waals surface area contributed by atoms with Gasteiger partial charge in [0.15, 0.2) is 0 Å². The smallest absolute Gasteiger partial charge is 0.0864 e. The topological polar surface area (TPSA) is 63.8 Å². The third-order valence-corrected chi connectivity index (χ3v) is 3.61. The van der Waals surface area contributed by atoms with Crippen molar-refractivity contribution in [3.8, 4) is 0 Å². The molecule has 2 heterocycles. The molecule has 0 fully saturated rings. The van der Waals surface area contributed by atoms with Gasteiger partial charge in [-0.05, 0) is 39.3 Å². The zero-order chi connectivity index (χ0) is 14.7. The summed E-state index contributed by atoms with van der Waals surface area (Å²) in [6, 6.07) is 4.23. The van der Waals surface area contributed by atoms with Gasteiger partial charge in [0.05, 0.1) is 23.2 Å². The van der Waals surface area contributed by atoms with Crippen molar-refractivity contribution in [2.45, 2.75) is 52.7 Å². The molecule has 5 nitrogen and oxygen atoms in total. The Bertz CT molecular complexity index is 579. The largest absolute Gasteiger partial charge is 0.388 e. The van der Waals surface area contributed by atoms with Crippen molar-refractivity contribution in [2.75, 3.05) is 0 Å². The second-order valence-corrected chi connectivity index (χ2v) is 5.29. The molecule has 0 aromatic carbocycles. The van der Waals surface area contributed by atoms with Crippen LogP contribution in [0.2, 0.25) is 0 Å². The molecule has 2 atom stereocenters. The van der Waals surface area contributed by atoms with Crippen molar-refractivity contribution in [2.24, 2.45) is 0 Å². The highest BCUT2D eigenvalue weighted by Crippen LogP contribution is 2.20. The van der Waals surface area contributed by atoms with Gasteiger partial charge in [0.25, 0.3) is 0 Å². The van der Waals surface area contributed by atoms with Crippen molar-refractivity contribution < 1.29 is 5.11 Å². The fourth-order valence-electron chi connectivity index (χ4n) is 2.13. The summed E-state index contributed by atoms with van der Waals surface area (Å²) in [6.45, 7) is 8.01. The molecule has 0 amide bonds. The average Bonchev–Trinajstić information content (AvgIpc) is 2.89. The van der Waals surface area contributed by atoms with Crippen LogP contribution in [0.5, 0.6) is 0 Å². The molecule has 0 aliphatic heterocycles. The maximum atomic E-state index is 10.4. The van der Waals surface area contributed by atoms with Crippen LogP contribution in [-0.2, 0) is 6.42 Å². The van der Waals surface area contributed by atoms with Gasteiger partial charge in [0.2, 0.25) is 0 Å². The zero-order valence-corrected chi connectivity index (χ0v) is 12.5. The van der Waals surface area contributed by atoms with Gasteiger partial charge < -0.3 is 5.11 Å². The minimum Gasteiger partial charge on any atom is -0.388 e. The summed E-state index contributed by atoms with van der Waals surface area (Å²) >= 11 is 0. The maximum absolute atomic E-state index is 10.4. The van der Waals surface area contributed by atoms with Gasteiger partial charge in [-0.1, -0.05) is 6.92 Å². The normalized spacial score (nSPS) is 14.2.